The Kier molecular flexibility index (Phi) is 6.86. The Bertz CT molecular complexity index is 715. The molecule has 0 saturated heterocycles. The van der Waals surface area contributed by atoms with Crippen LogP contribution >= 0.6 is 0 Å². The van der Waals surface area contributed by atoms with Crippen LogP contribution in [0.4, 0.5) is 5.69 Å². The van der Waals surface area contributed by atoms with Crippen LogP contribution in [0.3, 0.4) is 0 Å². The van der Waals surface area contributed by atoms with Gasteiger partial charge in [0.2, 0.25) is 21.8 Å². The molecule has 1 aromatic rings. The third-order valence-electron chi connectivity index (χ3n) is 2.91. The van der Waals surface area contributed by atoms with Crippen LogP contribution in [-0.2, 0) is 24.4 Å². The average Bonchev–Trinajstić information content (AvgIpc) is 2.46. The van der Waals surface area contributed by atoms with Crippen molar-refractivity contribution in [3.8, 4) is 0 Å². The number of sulfonamides is 1. The minimum Gasteiger partial charge on any atom is -0.481 e. The fraction of sp³-hybridized carbons (Fsp3) is 0.357. The van der Waals surface area contributed by atoms with Crippen LogP contribution in [0.25, 0.3) is 0 Å². The molecule has 10 heteroatoms. The summed E-state index contributed by atoms with van der Waals surface area (Å²) in [7, 11) is -2.63. The van der Waals surface area contributed by atoms with E-state index in [2.05, 4.69) is 10.6 Å². The second-order valence-electron chi connectivity index (χ2n) is 4.96. The first-order valence-electron chi connectivity index (χ1n) is 6.95. The second-order valence-corrected chi connectivity index (χ2v) is 7.01. The Labute approximate surface area is 139 Å². The first-order valence-corrected chi connectivity index (χ1v) is 8.39. The number of amides is 2. The molecule has 0 fully saturated rings. The van der Waals surface area contributed by atoms with Crippen LogP contribution in [0.2, 0.25) is 0 Å². The quantitative estimate of drug-likeness (QED) is 0.593. The predicted molar refractivity (Wildman–Crippen MR) is 85.8 cm³/mol. The van der Waals surface area contributed by atoms with E-state index in [1.54, 1.807) is 0 Å². The van der Waals surface area contributed by atoms with E-state index in [0.29, 0.717) is 5.69 Å². The van der Waals surface area contributed by atoms with Gasteiger partial charge in [-0.3, -0.25) is 14.4 Å². The number of rotatable bonds is 8. The molecule has 2 amide bonds. The van der Waals surface area contributed by atoms with Crippen molar-refractivity contribution in [2.24, 2.45) is 0 Å². The smallest absolute Gasteiger partial charge is 0.305 e. The van der Waals surface area contributed by atoms with E-state index in [4.69, 9.17) is 5.11 Å². The van der Waals surface area contributed by atoms with Crippen LogP contribution in [0.1, 0.15) is 13.3 Å². The van der Waals surface area contributed by atoms with Crippen molar-refractivity contribution < 1.29 is 27.9 Å². The Morgan fingerprint density at radius 2 is 1.75 bits per heavy atom. The zero-order valence-electron chi connectivity index (χ0n) is 13.3. The lowest BCUT2D eigenvalue weighted by Gasteiger charge is -2.17. The third kappa shape index (κ3) is 5.97. The highest BCUT2D eigenvalue weighted by Gasteiger charge is 2.22. The number of carbonyl (C=O) groups is 3. The number of anilines is 1. The minimum atomic E-state index is -3.88. The summed E-state index contributed by atoms with van der Waals surface area (Å²) < 4.78 is 25.6. The van der Waals surface area contributed by atoms with Crippen molar-refractivity contribution in [3.05, 3.63) is 24.3 Å². The van der Waals surface area contributed by atoms with Gasteiger partial charge in [-0.2, -0.15) is 4.31 Å². The van der Waals surface area contributed by atoms with Crippen LogP contribution < -0.4 is 10.6 Å². The molecule has 0 radical (unpaired) electrons. The van der Waals surface area contributed by atoms with Crippen LogP contribution in [0.5, 0.6) is 0 Å². The van der Waals surface area contributed by atoms with Gasteiger partial charge in [-0.05, 0) is 24.3 Å². The monoisotopic (exact) mass is 357 g/mol. The SMILES string of the molecule is CC(=O)Nc1ccc(S(=O)(=O)N(C)CC(=O)NCCC(=O)O)cc1. The number of aliphatic carboxylic acids is 1. The van der Waals surface area contributed by atoms with Gasteiger partial charge >= 0.3 is 5.97 Å². The van der Waals surface area contributed by atoms with Crippen molar-refractivity contribution >= 4 is 33.5 Å². The highest BCUT2D eigenvalue weighted by atomic mass is 32.2. The first-order chi connectivity index (χ1) is 11.1. The second kappa shape index (κ2) is 8.41. The van der Waals surface area contributed by atoms with Gasteiger partial charge in [0.1, 0.15) is 0 Å². The molecule has 1 rings (SSSR count). The molecule has 0 spiro atoms. The van der Waals surface area contributed by atoms with Gasteiger partial charge in [0.15, 0.2) is 0 Å². The highest BCUT2D eigenvalue weighted by molar-refractivity contribution is 7.89. The maximum atomic E-state index is 12.3. The first kappa shape index (κ1) is 19.6. The van der Waals surface area contributed by atoms with Crippen LogP contribution in [-0.4, -0.2) is 55.8 Å². The number of benzene rings is 1. The molecule has 1 aromatic carbocycles. The lowest BCUT2D eigenvalue weighted by molar-refractivity contribution is -0.137. The number of likely N-dealkylation sites (N-methyl/N-ethyl adjacent to an activating group) is 1. The van der Waals surface area contributed by atoms with E-state index in [1.807, 2.05) is 0 Å². The molecule has 3 N–H and O–H groups in total. The number of hydrogen-bond acceptors (Lipinski definition) is 5. The molecular weight excluding hydrogens is 338 g/mol. The van der Waals surface area contributed by atoms with Gasteiger partial charge in [0.25, 0.3) is 0 Å². The van der Waals surface area contributed by atoms with Crippen molar-refractivity contribution in [1.29, 1.82) is 0 Å². The number of nitrogens with one attached hydrogen (secondary N) is 2. The van der Waals surface area contributed by atoms with Crippen molar-refractivity contribution in [2.45, 2.75) is 18.2 Å². The molecule has 0 bridgehead atoms. The zero-order valence-corrected chi connectivity index (χ0v) is 14.1. The lowest BCUT2D eigenvalue weighted by atomic mass is 10.3. The van der Waals surface area contributed by atoms with Crippen LogP contribution in [0, 0.1) is 0 Å². The number of carboxylic acids is 1. The van der Waals surface area contributed by atoms with Crippen molar-refractivity contribution in [2.75, 3.05) is 25.5 Å². The predicted octanol–water partition coefficient (Wildman–Crippen LogP) is -0.144. The summed E-state index contributed by atoms with van der Waals surface area (Å²) in [5, 5.41) is 13.3. The minimum absolute atomic E-state index is 0.0301. The molecule has 132 valence electrons. The summed E-state index contributed by atoms with van der Waals surface area (Å²) in [6.45, 7) is 0.824. The maximum Gasteiger partial charge on any atom is 0.305 e. The maximum absolute atomic E-state index is 12.3. The molecule has 0 heterocycles. The van der Waals surface area contributed by atoms with Crippen molar-refractivity contribution in [3.63, 3.8) is 0 Å². The summed E-state index contributed by atoms with van der Waals surface area (Å²) in [5.74, 6) is -1.94. The van der Waals surface area contributed by atoms with Crippen LogP contribution in [0.15, 0.2) is 29.2 Å². The molecule has 0 aliphatic rings. The highest BCUT2D eigenvalue weighted by Crippen LogP contribution is 2.17. The van der Waals surface area contributed by atoms with E-state index in [9.17, 15) is 22.8 Å². The standard InChI is InChI=1S/C14H19N3O6S/c1-10(18)16-11-3-5-12(6-4-11)24(22,23)17(2)9-13(19)15-8-7-14(20)21/h3-6H,7-9H2,1-2H3,(H,15,19)(H,16,18)(H,20,21). The molecule has 24 heavy (non-hydrogen) atoms. The molecule has 9 nitrogen and oxygen atoms in total. The van der Waals surface area contributed by atoms with Gasteiger partial charge in [-0.15, -0.1) is 0 Å². The number of carbonyl (C=O) groups excluding carboxylic acids is 2. The summed E-state index contributed by atoms with van der Waals surface area (Å²) in [5.41, 5.74) is 0.454. The normalized spacial score (nSPS) is 11.1. The number of nitrogens with zero attached hydrogens (tertiary/aromatic N) is 1. The van der Waals surface area contributed by atoms with E-state index >= 15 is 0 Å². The molecule has 0 atom stereocenters. The fourth-order valence-corrected chi connectivity index (χ4v) is 2.87. The molecule has 0 aliphatic heterocycles. The molecule has 0 saturated carbocycles. The Hall–Kier alpha value is -2.46. The molecule has 0 aliphatic carbocycles. The van der Waals surface area contributed by atoms with Gasteiger partial charge < -0.3 is 15.7 Å². The molecule has 0 aromatic heterocycles. The average molecular weight is 357 g/mol. The Morgan fingerprint density at radius 3 is 2.25 bits per heavy atom. The van der Waals surface area contributed by atoms with Gasteiger partial charge in [0, 0.05) is 26.2 Å². The Morgan fingerprint density at radius 1 is 1.17 bits per heavy atom. The molecule has 0 unspecified atom stereocenters. The lowest BCUT2D eigenvalue weighted by Crippen LogP contribution is -2.39. The summed E-state index contributed by atoms with van der Waals surface area (Å²) in [6, 6.07) is 5.52. The van der Waals surface area contributed by atoms with Crippen molar-refractivity contribution in [1.82, 2.24) is 9.62 Å². The molecular formula is C14H19N3O6S. The summed E-state index contributed by atoms with van der Waals surface area (Å²) >= 11 is 0. The summed E-state index contributed by atoms with van der Waals surface area (Å²) in [6.07, 6.45) is -0.243. The largest absolute Gasteiger partial charge is 0.481 e. The number of hydrogen-bond donors (Lipinski definition) is 3. The van der Waals surface area contributed by atoms with Gasteiger partial charge in [-0.1, -0.05) is 0 Å². The van der Waals surface area contributed by atoms with Gasteiger partial charge in [0.05, 0.1) is 17.9 Å². The number of carboxylic acid groups (broad SMARTS) is 1. The van der Waals surface area contributed by atoms with E-state index in [0.717, 1.165) is 4.31 Å². The van der Waals surface area contributed by atoms with Gasteiger partial charge in [-0.25, -0.2) is 8.42 Å². The Balaban J connectivity index is 2.71. The summed E-state index contributed by atoms with van der Waals surface area (Å²) in [4.78, 5) is 32.9. The van der Waals surface area contributed by atoms with E-state index in [-0.39, 0.29) is 23.8 Å². The zero-order chi connectivity index (χ0) is 18.3. The van der Waals surface area contributed by atoms with E-state index in [1.165, 1.54) is 38.2 Å². The topological polar surface area (TPSA) is 133 Å². The fourth-order valence-electron chi connectivity index (χ4n) is 1.75. The van der Waals surface area contributed by atoms with E-state index < -0.39 is 28.4 Å². The third-order valence-corrected chi connectivity index (χ3v) is 4.73.